The van der Waals surface area contributed by atoms with Crippen LogP contribution >= 0.6 is 11.6 Å². The van der Waals surface area contributed by atoms with E-state index < -0.39 is 46.9 Å². The lowest BCUT2D eigenvalue weighted by Crippen LogP contribution is -2.38. The van der Waals surface area contributed by atoms with Gasteiger partial charge in [-0.2, -0.15) is 4.99 Å². The van der Waals surface area contributed by atoms with E-state index in [4.69, 9.17) is 23.1 Å². The second-order valence-electron chi connectivity index (χ2n) is 6.09. The number of nitrogens with zero attached hydrogens (tertiary/aromatic N) is 2. The molecule has 13 heteroatoms. The summed E-state index contributed by atoms with van der Waals surface area (Å²) in [6, 6.07) is 7.24. The van der Waals surface area contributed by atoms with Crippen molar-refractivity contribution in [2.75, 3.05) is 5.32 Å². The molecule has 0 radical (unpaired) electrons. The van der Waals surface area contributed by atoms with Crippen LogP contribution in [0.4, 0.5) is 15.8 Å². The van der Waals surface area contributed by atoms with Gasteiger partial charge in [-0.25, -0.2) is 4.39 Å². The summed E-state index contributed by atoms with van der Waals surface area (Å²) >= 11 is 5.56. The van der Waals surface area contributed by atoms with Crippen molar-refractivity contribution in [1.29, 1.82) is 0 Å². The molecule has 31 heavy (non-hydrogen) atoms. The number of carbonyl (C=O) groups excluding carboxylic acids is 3. The molecule has 0 spiro atoms. The maximum Gasteiger partial charge on any atom is 0.313 e. The van der Waals surface area contributed by atoms with Crippen LogP contribution in [-0.4, -0.2) is 28.6 Å². The second-order valence-corrected chi connectivity index (χ2v) is 6.50. The largest absolute Gasteiger partial charge is 0.370 e. The first-order valence-corrected chi connectivity index (χ1v) is 8.88. The fourth-order valence-electron chi connectivity index (χ4n) is 2.43. The zero-order chi connectivity index (χ0) is 23.1. The quantitative estimate of drug-likeness (QED) is 0.168. The van der Waals surface area contributed by atoms with Gasteiger partial charge in [0.25, 0.3) is 11.6 Å². The lowest BCUT2D eigenvalue weighted by Gasteiger charge is -2.17. The van der Waals surface area contributed by atoms with E-state index in [2.05, 4.69) is 15.6 Å². The molecule has 3 amide bonds. The van der Waals surface area contributed by atoms with E-state index in [1.54, 1.807) is 0 Å². The Kier molecular flexibility index (Phi) is 7.58. The summed E-state index contributed by atoms with van der Waals surface area (Å²) in [5.41, 5.74) is 10.4. The van der Waals surface area contributed by atoms with Gasteiger partial charge in [0.2, 0.25) is 0 Å². The van der Waals surface area contributed by atoms with Crippen molar-refractivity contribution in [2.24, 2.45) is 16.5 Å². The first kappa shape index (κ1) is 23.2. The first-order valence-electron chi connectivity index (χ1n) is 8.50. The predicted octanol–water partition coefficient (Wildman–Crippen LogP) is 1.37. The first-order chi connectivity index (χ1) is 14.6. The number of aliphatic imine (C=N–C) groups is 1. The standard InChI is InChI=1S/C18H16ClFN6O5/c19-12-6-3-10(7-13(12)20)23-16(28)17(29)24-14(8-15(27)25-18(21)22)9-1-4-11(5-2-9)26(30)31/h1-7,14H,8H2,(H,23,28)(H,24,29)(H4,21,22,25,27). The maximum atomic E-state index is 13.5. The maximum absolute atomic E-state index is 13.5. The van der Waals surface area contributed by atoms with Gasteiger partial charge in [0.15, 0.2) is 5.96 Å². The van der Waals surface area contributed by atoms with Crippen LogP contribution < -0.4 is 22.1 Å². The van der Waals surface area contributed by atoms with Gasteiger partial charge in [-0.3, -0.25) is 24.5 Å². The molecular formula is C18H16ClFN6O5. The van der Waals surface area contributed by atoms with E-state index >= 15 is 0 Å². The molecule has 1 atom stereocenters. The molecule has 162 valence electrons. The van der Waals surface area contributed by atoms with Gasteiger partial charge in [0.05, 0.1) is 22.4 Å². The molecule has 1 unspecified atom stereocenters. The van der Waals surface area contributed by atoms with Gasteiger partial charge >= 0.3 is 11.8 Å². The topological polar surface area (TPSA) is 183 Å². The summed E-state index contributed by atoms with van der Waals surface area (Å²) in [7, 11) is 0. The van der Waals surface area contributed by atoms with Crippen LogP contribution in [0.5, 0.6) is 0 Å². The smallest absolute Gasteiger partial charge is 0.313 e. The average molecular weight is 451 g/mol. The Morgan fingerprint density at radius 2 is 1.77 bits per heavy atom. The molecule has 0 aliphatic heterocycles. The van der Waals surface area contributed by atoms with Crippen LogP contribution in [-0.2, 0) is 14.4 Å². The molecule has 6 N–H and O–H groups in total. The average Bonchev–Trinajstić information content (AvgIpc) is 2.69. The Morgan fingerprint density at radius 3 is 2.32 bits per heavy atom. The normalized spacial score (nSPS) is 11.2. The minimum absolute atomic E-state index is 0.0227. The highest BCUT2D eigenvalue weighted by Crippen LogP contribution is 2.22. The molecule has 0 saturated carbocycles. The Hall–Kier alpha value is -4.06. The fraction of sp³-hybridized carbons (Fsp3) is 0.111. The molecule has 0 heterocycles. The summed E-state index contributed by atoms with van der Waals surface area (Å²) in [5, 5.41) is 15.2. The molecule has 2 rings (SSSR count). The van der Waals surface area contributed by atoms with E-state index in [1.807, 2.05) is 0 Å². The minimum atomic E-state index is -1.16. The van der Waals surface area contributed by atoms with Crippen molar-refractivity contribution < 1.29 is 23.7 Å². The summed E-state index contributed by atoms with van der Waals surface area (Å²) < 4.78 is 13.5. The zero-order valence-corrected chi connectivity index (χ0v) is 16.4. The number of anilines is 1. The summed E-state index contributed by atoms with van der Waals surface area (Å²) in [6.07, 6.45) is -0.440. The summed E-state index contributed by atoms with van der Waals surface area (Å²) in [6.45, 7) is 0. The van der Waals surface area contributed by atoms with E-state index in [1.165, 1.54) is 24.3 Å². The van der Waals surface area contributed by atoms with Gasteiger partial charge in [0, 0.05) is 17.8 Å². The van der Waals surface area contributed by atoms with Gasteiger partial charge < -0.3 is 22.1 Å². The number of guanidine groups is 1. The van der Waals surface area contributed by atoms with Gasteiger partial charge in [0.1, 0.15) is 5.82 Å². The monoisotopic (exact) mass is 450 g/mol. The Labute approximate surface area is 179 Å². The van der Waals surface area contributed by atoms with E-state index in [9.17, 15) is 28.9 Å². The molecule has 0 aliphatic rings. The lowest BCUT2D eigenvalue weighted by molar-refractivity contribution is -0.384. The van der Waals surface area contributed by atoms with Crippen LogP contribution in [0.15, 0.2) is 47.5 Å². The van der Waals surface area contributed by atoms with Crippen molar-refractivity contribution in [3.8, 4) is 0 Å². The number of benzene rings is 2. The van der Waals surface area contributed by atoms with Crippen LogP contribution in [0, 0.1) is 15.9 Å². The molecule has 2 aromatic rings. The summed E-state index contributed by atoms with van der Waals surface area (Å²) in [5.74, 6) is -4.41. The van der Waals surface area contributed by atoms with Crippen LogP contribution in [0.3, 0.4) is 0 Å². The van der Waals surface area contributed by atoms with Crippen molar-refractivity contribution >= 4 is 46.7 Å². The highest BCUT2D eigenvalue weighted by Gasteiger charge is 2.23. The molecule has 0 aliphatic carbocycles. The van der Waals surface area contributed by atoms with Crippen LogP contribution in [0.1, 0.15) is 18.0 Å². The SMILES string of the molecule is NC(N)=NC(=O)CC(NC(=O)C(=O)Nc1ccc(Cl)c(F)c1)c1ccc([N+](=O)[O-])cc1. The number of non-ortho nitro benzene ring substituents is 1. The number of halogens is 2. The number of hydrogen-bond acceptors (Lipinski definition) is 5. The van der Waals surface area contributed by atoms with Crippen LogP contribution in [0.25, 0.3) is 0 Å². The van der Waals surface area contributed by atoms with Crippen molar-refractivity contribution in [2.45, 2.75) is 12.5 Å². The van der Waals surface area contributed by atoms with E-state index in [0.29, 0.717) is 0 Å². The van der Waals surface area contributed by atoms with Crippen molar-refractivity contribution in [1.82, 2.24) is 5.32 Å². The number of hydrogen-bond donors (Lipinski definition) is 4. The highest BCUT2D eigenvalue weighted by molar-refractivity contribution is 6.39. The third-order valence-corrected chi connectivity index (χ3v) is 4.13. The number of nitro benzene ring substituents is 1. The lowest BCUT2D eigenvalue weighted by atomic mass is 10.0. The minimum Gasteiger partial charge on any atom is -0.370 e. The molecule has 0 saturated heterocycles. The number of nitrogens with one attached hydrogen (secondary N) is 2. The third-order valence-electron chi connectivity index (χ3n) is 3.83. The molecule has 0 bridgehead atoms. The Morgan fingerprint density at radius 1 is 1.13 bits per heavy atom. The molecule has 0 fully saturated rings. The van der Waals surface area contributed by atoms with E-state index in [0.717, 1.165) is 18.2 Å². The highest BCUT2D eigenvalue weighted by atomic mass is 35.5. The number of carbonyl (C=O) groups is 3. The number of nitrogens with two attached hydrogens (primary N) is 2. The summed E-state index contributed by atoms with van der Waals surface area (Å²) in [4.78, 5) is 50.0. The molecule has 0 aromatic heterocycles. The molecule has 2 aromatic carbocycles. The van der Waals surface area contributed by atoms with Gasteiger partial charge in [-0.15, -0.1) is 0 Å². The number of rotatable bonds is 6. The number of amides is 3. The Balaban J connectivity index is 2.20. The van der Waals surface area contributed by atoms with Crippen molar-refractivity contribution in [3.63, 3.8) is 0 Å². The van der Waals surface area contributed by atoms with E-state index in [-0.39, 0.29) is 22.0 Å². The zero-order valence-electron chi connectivity index (χ0n) is 15.7. The van der Waals surface area contributed by atoms with Crippen molar-refractivity contribution in [3.05, 3.63) is 69.0 Å². The number of nitro groups is 1. The predicted molar refractivity (Wildman–Crippen MR) is 109 cm³/mol. The second kappa shape index (κ2) is 10.1. The molecule has 11 nitrogen and oxygen atoms in total. The van der Waals surface area contributed by atoms with Crippen LogP contribution in [0.2, 0.25) is 5.02 Å². The molecular weight excluding hydrogens is 435 g/mol. The Bertz CT molecular complexity index is 1060. The van der Waals surface area contributed by atoms with Gasteiger partial charge in [-0.1, -0.05) is 23.7 Å². The fourth-order valence-corrected chi connectivity index (χ4v) is 2.55. The van der Waals surface area contributed by atoms with Gasteiger partial charge in [-0.05, 0) is 23.8 Å². The third kappa shape index (κ3) is 6.75.